The Balaban J connectivity index is 1.94. The maximum Gasteiger partial charge on any atom is 0.0775 e. The highest BCUT2D eigenvalue weighted by atomic mass is 28.3. The first kappa shape index (κ1) is 13.8. The summed E-state index contributed by atoms with van der Waals surface area (Å²) in [6.45, 7) is 10.5. The van der Waals surface area contributed by atoms with Crippen LogP contribution >= 0.6 is 0 Å². The predicted octanol–water partition coefficient (Wildman–Crippen LogP) is 3.65. The molecule has 1 aromatic carbocycles. The summed E-state index contributed by atoms with van der Waals surface area (Å²) in [5.74, 6) is 0. The molecule has 1 aliphatic carbocycles. The molecule has 0 unspecified atom stereocenters. The Bertz CT molecular complexity index is 379. The van der Waals surface area contributed by atoms with E-state index < -0.39 is 8.07 Å². The molecular formula is C16H27NSi. The van der Waals surface area contributed by atoms with Gasteiger partial charge in [0.25, 0.3) is 0 Å². The molecular weight excluding hydrogens is 234 g/mol. The van der Waals surface area contributed by atoms with E-state index in [1.807, 2.05) is 0 Å². The Hall–Kier alpha value is -0.603. The lowest BCUT2D eigenvalue weighted by atomic mass is 9.75. The fourth-order valence-corrected chi connectivity index (χ4v) is 3.84. The minimum atomic E-state index is -1.14. The van der Waals surface area contributed by atoms with Crippen molar-refractivity contribution in [3.05, 3.63) is 29.8 Å². The molecule has 1 aromatic rings. The van der Waals surface area contributed by atoms with Crippen LogP contribution in [0.1, 0.15) is 38.2 Å². The van der Waals surface area contributed by atoms with Crippen LogP contribution in [-0.2, 0) is 6.54 Å². The van der Waals surface area contributed by atoms with Crippen molar-refractivity contribution in [3.8, 4) is 0 Å². The smallest absolute Gasteiger partial charge is 0.0775 e. The van der Waals surface area contributed by atoms with Gasteiger partial charge in [-0.25, -0.2) is 0 Å². The lowest BCUT2D eigenvalue weighted by Gasteiger charge is -2.42. The Morgan fingerprint density at radius 1 is 1.11 bits per heavy atom. The molecule has 18 heavy (non-hydrogen) atoms. The van der Waals surface area contributed by atoms with Gasteiger partial charge in [-0.1, -0.05) is 56.0 Å². The monoisotopic (exact) mass is 261 g/mol. The molecule has 1 N–H and O–H groups in total. The van der Waals surface area contributed by atoms with E-state index in [0.717, 1.165) is 6.54 Å². The highest BCUT2D eigenvalue weighted by Gasteiger charge is 2.34. The van der Waals surface area contributed by atoms with Gasteiger partial charge in [0.05, 0.1) is 8.07 Å². The zero-order chi connectivity index (χ0) is 13.2. The summed E-state index contributed by atoms with van der Waals surface area (Å²) < 4.78 is 0. The number of nitrogens with one attached hydrogen (secondary N) is 1. The zero-order valence-electron chi connectivity index (χ0n) is 12.3. The molecule has 1 nitrogen and oxygen atoms in total. The quantitative estimate of drug-likeness (QED) is 0.798. The average Bonchev–Trinajstić information content (AvgIpc) is 2.28. The number of benzene rings is 1. The maximum atomic E-state index is 3.77. The summed E-state index contributed by atoms with van der Waals surface area (Å²) in [5, 5.41) is 5.32. The third kappa shape index (κ3) is 3.04. The fraction of sp³-hybridized carbons (Fsp3) is 0.625. The molecule has 0 aromatic heterocycles. The molecule has 1 fully saturated rings. The van der Waals surface area contributed by atoms with E-state index in [0.29, 0.717) is 5.54 Å². The second-order valence-electron chi connectivity index (χ2n) is 6.79. The van der Waals surface area contributed by atoms with Crippen molar-refractivity contribution < 1.29 is 0 Å². The van der Waals surface area contributed by atoms with E-state index in [4.69, 9.17) is 0 Å². The van der Waals surface area contributed by atoms with Crippen molar-refractivity contribution in [2.45, 2.75) is 64.3 Å². The van der Waals surface area contributed by atoms with Crippen LogP contribution in [0.25, 0.3) is 0 Å². The van der Waals surface area contributed by atoms with Gasteiger partial charge in [0.1, 0.15) is 0 Å². The number of hydrogen-bond acceptors (Lipinski definition) is 1. The molecule has 1 aliphatic rings. The van der Waals surface area contributed by atoms with Crippen molar-refractivity contribution >= 4 is 13.3 Å². The van der Waals surface area contributed by atoms with Gasteiger partial charge in [-0.15, -0.1) is 0 Å². The minimum absolute atomic E-state index is 0.456. The summed E-state index contributed by atoms with van der Waals surface area (Å²) in [5.41, 5.74) is 1.88. The van der Waals surface area contributed by atoms with Crippen molar-refractivity contribution in [1.82, 2.24) is 5.32 Å². The van der Waals surface area contributed by atoms with Gasteiger partial charge in [-0.05, 0) is 31.2 Å². The van der Waals surface area contributed by atoms with Crippen molar-refractivity contribution in [1.29, 1.82) is 0 Å². The van der Waals surface area contributed by atoms with Gasteiger partial charge in [0.15, 0.2) is 0 Å². The summed E-state index contributed by atoms with van der Waals surface area (Å²) in [7, 11) is -1.14. The average molecular weight is 261 g/mol. The minimum Gasteiger partial charge on any atom is -0.307 e. The van der Waals surface area contributed by atoms with Crippen LogP contribution in [0.2, 0.25) is 19.6 Å². The van der Waals surface area contributed by atoms with E-state index in [1.54, 1.807) is 5.19 Å². The number of hydrogen-bond donors (Lipinski definition) is 1. The molecule has 0 saturated heterocycles. The van der Waals surface area contributed by atoms with E-state index in [1.165, 1.54) is 31.2 Å². The van der Waals surface area contributed by atoms with Crippen LogP contribution in [0.3, 0.4) is 0 Å². The number of rotatable bonds is 5. The molecule has 100 valence electrons. The summed E-state index contributed by atoms with van der Waals surface area (Å²) >= 11 is 0. The molecule has 2 heteroatoms. The first-order valence-electron chi connectivity index (χ1n) is 7.30. The maximum absolute atomic E-state index is 3.77. The topological polar surface area (TPSA) is 12.0 Å². The molecule has 0 spiro atoms. The van der Waals surface area contributed by atoms with Gasteiger partial charge in [0, 0.05) is 12.1 Å². The predicted molar refractivity (Wildman–Crippen MR) is 83.1 cm³/mol. The third-order valence-corrected chi connectivity index (χ3v) is 6.54. The van der Waals surface area contributed by atoms with Gasteiger partial charge in [-0.3, -0.25) is 0 Å². The standard InChI is InChI=1S/C16H27NSi/c1-5-16(11-6-12-16)17-13-14-7-9-15(10-8-14)18(2,3)4/h7-10,17H,5-6,11-13H2,1-4H3. The molecule has 0 radical (unpaired) electrons. The SMILES string of the molecule is CCC1(NCc2ccc([Si](C)(C)C)cc2)CCC1. The first-order valence-corrected chi connectivity index (χ1v) is 10.8. The van der Waals surface area contributed by atoms with E-state index >= 15 is 0 Å². The molecule has 2 rings (SSSR count). The second-order valence-corrected chi connectivity index (χ2v) is 11.9. The van der Waals surface area contributed by atoms with Crippen molar-refractivity contribution in [3.63, 3.8) is 0 Å². The molecule has 0 amide bonds. The van der Waals surface area contributed by atoms with E-state index in [2.05, 4.69) is 56.1 Å². The Morgan fingerprint density at radius 3 is 2.11 bits per heavy atom. The van der Waals surface area contributed by atoms with Crippen LogP contribution in [0, 0.1) is 0 Å². The molecule has 0 bridgehead atoms. The molecule has 0 atom stereocenters. The van der Waals surface area contributed by atoms with Gasteiger partial charge in [0.2, 0.25) is 0 Å². The van der Waals surface area contributed by atoms with Crippen LogP contribution in [0.5, 0.6) is 0 Å². The van der Waals surface area contributed by atoms with Crippen molar-refractivity contribution in [2.24, 2.45) is 0 Å². The lowest BCUT2D eigenvalue weighted by Crippen LogP contribution is -2.49. The highest BCUT2D eigenvalue weighted by molar-refractivity contribution is 6.88. The highest BCUT2D eigenvalue weighted by Crippen LogP contribution is 2.34. The van der Waals surface area contributed by atoms with Crippen LogP contribution in [-0.4, -0.2) is 13.6 Å². The van der Waals surface area contributed by atoms with Crippen LogP contribution < -0.4 is 10.5 Å². The van der Waals surface area contributed by atoms with Crippen LogP contribution in [0.4, 0.5) is 0 Å². The Labute approximate surface area is 113 Å². The fourth-order valence-electron chi connectivity index (χ4n) is 2.67. The van der Waals surface area contributed by atoms with Crippen LogP contribution in [0.15, 0.2) is 24.3 Å². The largest absolute Gasteiger partial charge is 0.307 e. The Morgan fingerprint density at radius 2 is 1.72 bits per heavy atom. The first-order chi connectivity index (χ1) is 8.45. The van der Waals surface area contributed by atoms with Gasteiger partial charge in [-0.2, -0.15) is 0 Å². The van der Waals surface area contributed by atoms with Gasteiger partial charge < -0.3 is 5.32 Å². The molecule has 1 saturated carbocycles. The third-order valence-electron chi connectivity index (χ3n) is 4.47. The van der Waals surface area contributed by atoms with E-state index in [9.17, 15) is 0 Å². The lowest BCUT2D eigenvalue weighted by molar-refractivity contribution is 0.175. The summed E-state index contributed by atoms with van der Waals surface area (Å²) in [6.07, 6.45) is 5.38. The molecule has 0 heterocycles. The second kappa shape index (κ2) is 5.18. The molecule has 0 aliphatic heterocycles. The van der Waals surface area contributed by atoms with E-state index in [-0.39, 0.29) is 0 Å². The normalized spacial score (nSPS) is 18.4. The summed E-state index contributed by atoms with van der Waals surface area (Å²) in [6, 6.07) is 9.29. The Kier molecular flexibility index (Phi) is 3.98. The van der Waals surface area contributed by atoms with Crippen molar-refractivity contribution in [2.75, 3.05) is 0 Å². The zero-order valence-corrected chi connectivity index (χ0v) is 13.3. The summed E-state index contributed by atoms with van der Waals surface area (Å²) in [4.78, 5) is 0. The van der Waals surface area contributed by atoms with Gasteiger partial charge >= 0.3 is 0 Å².